The summed E-state index contributed by atoms with van der Waals surface area (Å²) in [6.45, 7) is 1.72. The summed E-state index contributed by atoms with van der Waals surface area (Å²) in [5.41, 5.74) is 1.46. The number of carbonyl (C=O) groups is 1. The van der Waals surface area contributed by atoms with Gasteiger partial charge in [-0.2, -0.15) is 0 Å². The van der Waals surface area contributed by atoms with Crippen molar-refractivity contribution in [2.75, 3.05) is 5.32 Å². The van der Waals surface area contributed by atoms with Crippen LogP contribution >= 0.6 is 0 Å². The largest absolute Gasteiger partial charge is 0.481 e. The molecule has 1 atom stereocenters. The van der Waals surface area contributed by atoms with E-state index in [1.165, 1.54) is 0 Å². The number of fused-ring (bicyclic) bond motifs is 1. The molecule has 2 aromatic carbocycles. The van der Waals surface area contributed by atoms with Crippen molar-refractivity contribution in [2.24, 2.45) is 0 Å². The molecule has 1 amide bonds. The third kappa shape index (κ3) is 3.06. The number of hydrogen-bond donors (Lipinski definition) is 1. The van der Waals surface area contributed by atoms with Crippen LogP contribution in [0.15, 0.2) is 66.9 Å². The number of carbonyl (C=O) groups excluding carboxylic acids is 1. The number of benzene rings is 2. The number of amides is 1. The van der Waals surface area contributed by atoms with Crippen molar-refractivity contribution in [3.63, 3.8) is 0 Å². The lowest BCUT2D eigenvalue weighted by Gasteiger charge is -2.15. The molecule has 3 rings (SSSR count). The van der Waals surface area contributed by atoms with Crippen molar-refractivity contribution in [1.29, 1.82) is 0 Å². The van der Waals surface area contributed by atoms with Crippen molar-refractivity contribution < 1.29 is 9.53 Å². The van der Waals surface area contributed by atoms with Crippen molar-refractivity contribution in [3.05, 3.63) is 66.9 Å². The summed E-state index contributed by atoms with van der Waals surface area (Å²) < 4.78 is 5.63. The molecule has 0 unspecified atom stereocenters. The minimum absolute atomic E-state index is 0.206. The number of nitrogens with zero attached hydrogens (tertiary/aromatic N) is 1. The summed E-state index contributed by atoms with van der Waals surface area (Å²) >= 11 is 0. The zero-order valence-electron chi connectivity index (χ0n) is 12.2. The first-order valence-corrected chi connectivity index (χ1v) is 7.10. The van der Waals surface area contributed by atoms with E-state index in [9.17, 15) is 4.79 Å². The number of ether oxygens (including phenoxy) is 1. The Labute approximate surface area is 128 Å². The van der Waals surface area contributed by atoms with Gasteiger partial charge in [0.15, 0.2) is 6.10 Å². The van der Waals surface area contributed by atoms with Crippen LogP contribution in [0.25, 0.3) is 10.9 Å². The summed E-state index contributed by atoms with van der Waals surface area (Å²) in [6, 6.07) is 18.8. The average molecular weight is 292 g/mol. The molecule has 0 aliphatic carbocycles. The lowest BCUT2D eigenvalue weighted by Crippen LogP contribution is -2.30. The van der Waals surface area contributed by atoms with E-state index in [1.54, 1.807) is 13.1 Å². The minimum Gasteiger partial charge on any atom is -0.481 e. The highest BCUT2D eigenvalue weighted by molar-refractivity contribution is 6.01. The van der Waals surface area contributed by atoms with Crippen LogP contribution in [-0.2, 0) is 4.79 Å². The molecule has 0 aliphatic rings. The van der Waals surface area contributed by atoms with Gasteiger partial charge < -0.3 is 10.1 Å². The number of para-hydroxylation sites is 2. The van der Waals surface area contributed by atoms with Gasteiger partial charge in [0.1, 0.15) is 5.75 Å². The monoisotopic (exact) mass is 292 g/mol. The number of anilines is 1. The van der Waals surface area contributed by atoms with E-state index in [2.05, 4.69) is 10.3 Å². The Kier molecular flexibility index (Phi) is 4.01. The predicted octanol–water partition coefficient (Wildman–Crippen LogP) is 3.64. The third-order valence-electron chi connectivity index (χ3n) is 3.32. The average Bonchev–Trinajstić information content (AvgIpc) is 2.56. The maximum atomic E-state index is 12.3. The van der Waals surface area contributed by atoms with E-state index in [1.807, 2.05) is 60.7 Å². The van der Waals surface area contributed by atoms with Crippen LogP contribution in [0.3, 0.4) is 0 Å². The molecule has 0 bridgehead atoms. The highest BCUT2D eigenvalue weighted by atomic mass is 16.5. The first kappa shape index (κ1) is 14.1. The summed E-state index contributed by atoms with van der Waals surface area (Å²) in [5.74, 6) is 0.461. The molecule has 0 radical (unpaired) electrons. The number of hydrogen-bond acceptors (Lipinski definition) is 3. The van der Waals surface area contributed by atoms with Gasteiger partial charge in [-0.15, -0.1) is 0 Å². The lowest BCUT2D eigenvalue weighted by molar-refractivity contribution is -0.122. The molecule has 1 heterocycles. The fourth-order valence-corrected chi connectivity index (χ4v) is 2.20. The van der Waals surface area contributed by atoms with E-state index in [0.717, 1.165) is 10.9 Å². The molecule has 0 saturated heterocycles. The van der Waals surface area contributed by atoms with Gasteiger partial charge in [-0.3, -0.25) is 9.78 Å². The molecule has 1 N–H and O–H groups in total. The molecular formula is C18H16N2O2. The SMILES string of the molecule is C[C@H](Oc1ccccc1)C(=O)Nc1cccc2cccnc12. The molecule has 4 heteroatoms. The Hall–Kier alpha value is -2.88. The third-order valence-corrected chi connectivity index (χ3v) is 3.32. The highest BCUT2D eigenvalue weighted by Crippen LogP contribution is 2.21. The molecular weight excluding hydrogens is 276 g/mol. The van der Waals surface area contributed by atoms with Gasteiger partial charge >= 0.3 is 0 Å². The van der Waals surface area contributed by atoms with E-state index in [4.69, 9.17) is 4.74 Å². The summed E-state index contributed by atoms with van der Waals surface area (Å²) in [7, 11) is 0. The molecule has 1 aromatic heterocycles. The van der Waals surface area contributed by atoms with Gasteiger partial charge in [0, 0.05) is 11.6 Å². The number of pyridine rings is 1. The molecule has 0 spiro atoms. The zero-order chi connectivity index (χ0) is 15.4. The quantitative estimate of drug-likeness (QED) is 0.798. The van der Waals surface area contributed by atoms with E-state index >= 15 is 0 Å². The molecule has 3 aromatic rings. The molecule has 0 aliphatic heterocycles. The molecule has 0 saturated carbocycles. The number of aromatic nitrogens is 1. The van der Waals surface area contributed by atoms with Crippen molar-refractivity contribution in [2.45, 2.75) is 13.0 Å². The fourth-order valence-electron chi connectivity index (χ4n) is 2.20. The lowest BCUT2D eigenvalue weighted by atomic mass is 10.2. The Morgan fingerprint density at radius 1 is 1.05 bits per heavy atom. The topological polar surface area (TPSA) is 51.2 Å². The first-order valence-electron chi connectivity index (χ1n) is 7.10. The maximum Gasteiger partial charge on any atom is 0.265 e. The minimum atomic E-state index is -0.596. The second kappa shape index (κ2) is 6.26. The second-order valence-corrected chi connectivity index (χ2v) is 4.94. The smallest absolute Gasteiger partial charge is 0.265 e. The van der Waals surface area contributed by atoms with Crippen LogP contribution < -0.4 is 10.1 Å². The summed E-state index contributed by atoms with van der Waals surface area (Å²) in [5, 5.41) is 3.86. The van der Waals surface area contributed by atoms with Crippen molar-refractivity contribution in [3.8, 4) is 5.75 Å². The van der Waals surface area contributed by atoms with E-state index in [0.29, 0.717) is 11.4 Å². The Morgan fingerprint density at radius 2 is 1.82 bits per heavy atom. The predicted molar refractivity (Wildman–Crippen MR) is 86.9 cm³/mol. The van der Waals surface area contributed by atoms with Crippen molar-refractivity contribution >= 4 is 22.5 Å². The Balaban J connectivity index is 1.75. The first-order chi connectivity index (χ1) is 10.7. The van der Waals surface area contributed by atoms with Crippen LogP contribution in [0.1, 0.15) is 6.92 Å². The van der Waals surface area contributed by atoms with Crippen LogP contribution in [0.4, 0.5) is 5.69 Å². The second-order valence-electron chi connectivity index (χ2n) is 4.94. The normalized spacial score (nSPS) is 11.9. The maximum absolute atomic E-state index is 12.3. The summed E-state index contributed by atoms with van der Waals surface area (Å²) in [6.07, 6.45) is 1.11. The van der Waals surface area contributed by atoms with Gasteiger partial charge in [-0.25, -0.2) is 0 Å². The van der Waals surface area contributed by atoms with Gasteiger partial charge in [-0.05, 0) is 31.2 Å². The van der Waals surface area contributed by atoms with Crippen LogP contribution in [0.2, 0.25) is 0 Å². The number of rotatable bonds is 4. The number of nitrogens with one attached hydrogen (secondary N) is 1. The van der Waals surface area contributed by atoms with Gasteiger partial charge in [0.2, 0.25) is 0 Å². The van der Waals surface area contributed by atoms with Gasteiger partial charge in [-0.1, -0.05) is 36.4 Å². The van der Waals surface area contributed by atoms with E-state index < -0.39 is 6.10 Å². The fraction of sp³-hybridized carbons (Fsp3) is 0.111. The molecule has 0 fully saturated rings. The van der Waals surface area contributed by atoms with Crippen LogP contribution in [0, 0.1) is 0 Å². The van der Waals surface area contributed by atoms with Gasteiger partial charge in [0.25, 0.3) is 5.91 Å². The summed E-state index contributed by atoms with van der Waals surface area (Å²) in [4.78, 5) is 16.6. The Morgan fingerprint density at radius 3 is 2.64 bits per heavy atom. The molecule has 4 nitrogen and oxygen atoms in total. The van der Waals surface area contributed by atoms with Crippen LogP contribution in [-0.4, -0.2) is 17.0 Å². The highest BCUT2D eigenvalue weighted by Gasteiger charge is 2.16. The zero-order valence-corrected chi connectivity index (χ0v) is 12.2. The van der Waals surface area contributed by atoms with Gasteiger partial charge in [0.05, 0.1) is 11.2 Å². The molecule has 110 valence electrons. The van der Waals surface area contributed by atoms with Crippen molar-refractivity contribution in [1.82, 2.24) is 4.98 Å². The molecule has 22 heavy (non-hydrogen) atoms. The van der Waals surface area contributed by atoms with E-state index in [-0.39, 0.29) is 5.91 Å². The van der Waals surface area contributed by atoms with Crippen LogP contribution in [0.5, 0.6) is 5.75 Å². The standard InChI is InChI=1S/C18H16N2O2/c1-13(22-15-9-3-2-4-10-15)18(21)20-16-11-5-7-14-8-6-12-19-17(14)16/h2-13H,1H3,(H,20,21)/t13-/m0/s1. The Bertz CT molecular complexity index is 782.